The van der Waals surface area contributed by atoms with E-state index in [0.29, 0.717) is 12.3 Å². The summed E-state index contributed by atoms with van der Waals surface area (Å²) in [5.41, 5.74) is 6.13. The minimum atomic E-state index is -0.636. The third-order valence-electron chi connectivity index (χ3n) is 3.75. The lowest BCUT2D eigenvalue weighted by Crippen LogP contribution is -2.43. The van der Waals surface area contributed by atoms with Crippen molar-refractivity contribution < 1.29 is 14.6 Å². The zero-order chi connectivity index (χ0) is 13.2. The Kier molecular flexibility index (Phi) is 3.57. The zero-order valence-corrected chi connectivity index (χ0v) is 10.6. The Hall–Kier alpha value is -1.55. The molecule has 1 atom stereocenters. The molecule has 0 aromatic heterocycles. The van der Waals surface area contributed by atoms with Gasteiger partial charge in [0.25, 0.3) is 0 Å². The largest absolute Gasteiger partial charge is 0.508 e. The second kappa shape index (κ2) is 4.98. The number of phenolic OH excluding ortho intramolecular Hbond substituents is 1. The lowest BCUT2D eigenvalue weighted by atomic mass is 9.77. The Morgan fingerprint density at radius 3 is 2.78 bits per heavy atom. The van der Waals surface area contributed by atoms with Crippen molar-refractivity contribution in [2.24, 2.45) is 17.1 Å². The standard InChI is InChI=1S/C14H19NO3/c1-18-13(17)14(9-15,11-5-6-11)8-10-3-2-4-12(16)7-10/h2-4,7,11,16H,5-6,8-9,15H2,1H3. The number of nitrogens with two attached hydrogens (primary N) is 1. The lowest BCUT2D eigenvalue weighted by Gasteiger charge is -2.29. The highest BCUT2D eigenvalue weighted by Gasteiger charge is 2.50. The summed E-state index contributed by atoms with van der Waals surface area (Å²) in [4.78, 5) is 12.1. The summed E-state index contributed by atoms with van der Waals surface area (Å²) in [7, 11) is 1.40. The summed E-state index contributed by atoms with van der Waals surface area (Å²) in [6.07, 6.45) is 2.56. The third-order valence-corrected chi connectivity index (χ3v) is 3.75. The number of benzene rings is 1. The van der Waals surface area contributed by atoms with E-state index in [1.54, 1.807) is 18.2 Å². The van der Waals surface area contributed by atoms with Crippen LogP contribution in [0.4, 0.5) is 0 Å². The molecule has 1 aromatic rings. The number of rotatable bonds is 5. The van der Waals surface area contributed by atoms with Crippen LogP contribution in [0.15, 0.2) is 24.3 Å². The Labute approximate surface area is 107 Å². The smallest absolute Gasteiger partial charge is 0.313 e. The van der Waals surface area contributed by atoms with Crippen molar-refractivity contribution in [1.82, 2.24) is 0 Å². The van der Waals surface area contributed by atoms with E-state index in [4.69, 9.17) is 10.5 Å². The minimum Gasteiger partial charge on any atom is -0.508 e. The first-order valence-electron chi connectivity index (χ1n) is 6.19. The van der Waals surface area contributed by atoms with Gasteiger partial charge >= 0.3 is 5.97 Å². The monoisotopic (exact) mass is 249 g/mol. The molecule has 0 aliphatic heterocycles. The first kappa shape index (κ1) is 12.9. The van der Waals surface area contributed by atoms with Crippen LogP contribution >= 0.6 is 0 Å². The number of esters is 1. The zero-order valence-electron chi connectivity index (χ0n) is 10.6. The predicted octanol–water partition coefficient (Wildman–Crippen LogP) is 1.46. The number of carbonyl (C=O) groups excluding carboxylic acids is 1. The summed E-state index contributed by atoms with van der Waals surface area (Å²) >= 11 is 0. The van der Waals surface area contributed by atoms with Crippen molar-refractivity contribution in [2.75, 3.05) is 13.7 Å². The van der Waals surface area contributed by atoms with Gasteiger partial charge in [0.1, 0.15) is 5.75 Å². The van der Waals surface area contributed by atoms with Crippen LogP contribution in [0.2, 0.25) is 0 Å². The van der Waals surface area contributed by atoms with Gasteiger partial charge in [0.15, 0.2) is 0 Å². The molecule has 2 rings (SSSR count). The molecule has 1 aromatic carbocycles. The fourth-order valence-corrected chi connectivity index (χ4v) is 2.58. The summed E-state index contributed by atoms with van der Waals surface area (Å²) in [6, 6.07) is 6.96. The third kappa shape index (κ3) is 2.34. The maximum atomic E-state index is 12.1. The van der Waals surface area contributed by atoms with Gasteiger partial charge in [-0.2, -0.15) is 0 Å². The van der Waals surface area contributed by atoms with Crippen molar-refractivity contribution >= 4 is 5.97 Å². The molecule has 0 radical (unpaired) electrons. The van der Waals surface area contributed by atoms with E-state index in [-0.39, 0.29) is 18.3 Å². The topological polar surface area (TPSA) is 72.5 Å². The number of hydrogen-bond acceptors (Lipinski definition) is 4. The molecule has 4 nitrogen and oxygen atoms in total. The molecular weight excluding hydrogens is 230 g/mol. The second-order valence-corrected chi connectivity index (χ2v) is 4.97. The van der Waals surface area contributed by atoms with Crippen LogP contribution in [0, 0.1) is 11.3 Å². The van der Waals surface area contributed by atoms with Crippen molar-refractivity contribution in [3.05, 3.63) is 29.8 Å². The van der Waals surface area contributed by atoms with Crippen LogP contribution in [0.3, 0.4) is 0 Å². The molecule has 1 aliphatic carbocycles. The Morgan fingerprint density at radius 2 is 2.28 bits per heavy atom. The number of aromatic hydroxyl groups is 1. The van der Waals surface area contributed by atoms with Gasteiger partial charge in [0.2, 0.25) is 0 Å². The maximum Gasteiger partial charge on any atom is 0.313 e. The average molecular weight is 249 g/mol. The fraction of sp³-hybridized carbons (Fsp3) is 0.500. The first-order valence-corrected chi connectivity index (χ1v) is 6.19. The molecule has 4 heteroatoms. The van der Waals surface area contributed by atoms with Crippen molar-refractivity contribution in [1.29, 1.82) is 0 Å². The number of hydrogen-bond donors (Lipinski definition) is 2. The summed E-state index contributed by atoms with van der Waals surface area (Å²) in [5.74, 6) is 0.271. The van der Waals surface area contributed by atoms with Crippen molar-refractivity contribution in [2.45, 2.75) is 19.3 Å². The molecule has 3 N–H and O–H groups in total. The molecule has 0 amide bonds. The molecule has 1 saturated carbocycles. The van der Waals surface area contributed by atoms with Gasteiger partial charge in [-0.25, -0.2) is 0 Å². The second-order valence-electron chi connectivity index (χ2n) is 4.97. The predicted molar refractivity (Wildman–Crippen MR) is 68.0 cm³/mol. The highest BCUT2D eigenvalue weighted by atomic mass is 16.5. The number of phenols is 1. The highest BCUT2D eigenvalue weighted by Crippen LogP contribution is 2.48. The van der Waals surface area contributed by atoms with Crippen LogP contribution in [0.5, 0.6) is 5.75 Å². The van der Waals surface area contributed by atoms with E-state index in [1.165, 1.54) is 7.11 Å². The molecular formula is C14H19NO3. The van der Waals surface area contributed by atoms with E-state index in [0.717, 1.165) is 18.4 Å². The van der Waals surface area contributed by atoms with Gasteiger partial charge in [-0.05, 0) is 42.9 Å². The maximum absolute atomic E-state index is 12.1. The van der Waals surface area contributed by atoms with Crippen LogP contribution in [0.25, 0.3) is 0 Å². The number of methoxy groups -OCH3 is 1. The molecule has 1 aliphatic rings. The quantitative estimate of drug-likeness (QED) is 0.775. The van der Waals surface area contributed by atoms with E-state index >= 15 is 0 Å². The number of carbonyl (C=O) groups is 1. The van der Waals surface area contributed by atoms with Crippen molar-refractivity contribution in [3.8, 4) is 5.75 Å². The van der Waals surface area contributed by atoms with Crippen molar-refractivity contribution in [3.63, 3.8) is 0 Å². The lowest BCUT2D eigenvalue weighted by molar-refractivity contribution is -0.153. The van der Waals surface area contributed by atoms with Crippen LogP contribution in [-0.2, 0) is 16.0 Å². The normalized spacial score (nSPS) is 18.1. The van der Waals surface area contributed by atoms with Crippen LogP contribution in [-0.4, -0.2) is 24.7 Å². The average Bonchev–Trinajstić information content (AvgIpc) is 3.19. The van der Waals surface area contributed by atoms with Gasteiger partial charge in [0.05, 0.1) is 12.5 Å². The van der Waals surface area contributed by atoms with Crippen LogP contribution < -0.4 is 5.73 Å². The first-order chi connectivity index (χ1) is 8.62. The minimum absolute atomic E-state index is 0.207. The molecule has 0 saturated heterocycles. The molecule has 18 heavy (non-hydrogen) atoms. The Balaban J connectivity index is 2.27. The molecule has 98 valence electrons. The molecule has 0 spiro atoms. The van der Waals surface area contributed by atoms with Gasteiger partial charge in [-0.1, -0.05) is 12.1 Å². The fourth-order valence-electron chi connectivity index (χ4n) is 2.58. The summed E-state index contributed by atoms with van der Waals surface area (Å²) in [6.45, 7) is 0.278. The Bertz CT molecular complexity index is 442. The molecule has 0 heterocycles. The Morgan fingerprint density at radius 1 is 1.56 bits per heavy atom. The summed E-state index contributed by atoms with van der Waals surface area (Å²) in [5, 5.41) is 9.49. The molecule has 1 unspecified atom stereocenters. The van der Waals surface area contributed by atoms with Gasteiger partial charge in [-0.3, -0.25) is 4.79 Å². The molecule has 0 bridgehead atoms. The number of ether oxygens (including phenoxy) is 1. The van der Waals surface area contributed by atoms with E-state index in [9.17, 15) is 9.90 Å². The van der Waals surface area contributed by atoms with Gasteiger partial charge in [0, 0.05) is 6.54 Å². The van der Waals surface area contributed by atoms with Crippen LogP contribution in [0.1, 0.15) is 18.4 Å². The van der Waals surface area contributed by atoms with Gasteiger partial charge in [-0.15, -0.1) is 0 Å². The van der Waals surface area contributed by atoms with E-state index in [2.05, 4.69) is 0 Å². The SMILES string of the molecule is COC(=O)C(CN)(Cc1cccc(O)c1)C1CC1. The van der Waals surface area contributed by atoms with E-state index < -0.39 is 5.41 Å². The highest BCUT2D eigenvalue weighted by molar-refractivity contribution is 5.78. The van der Waals surface area contributed by atoms with E-state index in [1.807, 2.05) is 6.07 Å². The van der Waals surface area contributed by atoms with Gasteiger partial charge < -0.3 is 15.6 Å². The molecule has 1 fully saturated rings. The summed E-state index contributed by atoms with van der Waals surface area (Å²) < 4.78 is 4.93.